The van der Waals surface area contributed by atoms with Gasteiger partial charge in [0.05, 0.1) is 0 Å². The number of hydrogen-bond acceptors (Lipinski definition) is 3. The molecule has 1 aromatic carbocycles. The van der Waals surface area contributed by atoms with Crippen LogP contribution in [-0.2, 0) is 14.6 Å². The van der Waals surface area contributed by atoms with Gasteiger partial charge in [-0.2, -0.15) is 0 Å². The van der Waals surface area contributed by atoms with Crippen LogP contribution < -0.4 is 5.32 Å². The molecule has 0 aliphatic carbocycles. The predicted molar refractivity (Wildman–Crippen MR) is 82.2 cm³/mol. The highest BCUT2D eigenvalue weighted by Crippen LogP contribution is 2.30. The van der Waals surface area contributed by atoms with E-state index >= 15 is 0 Å². The van der Waals surface area contributed by atoms with E-state index in [1.54, 1.807) is 18.2 Å². The smallest absolute Gasteiger partial charge is 0.238 e. The van der Waals surface area contributed by atoms with Crippen LogP contribution in [0.1, 0.15) is 25.3 Å². The second-order valence-electron chi connectivity index (χ2n) is 4.75. The van der Waals surface area contributed by atoms with E-state index < -0.39 is 21.0 Å². The molecule has 0 bridgehead atoms. The fraction of sp³-hybridized carbons (Fsp3) is 0.462. The molecule has 1 amide bonds. The first-order valence-electron chi connectivity index (χ1n) is 6.05. The zero-order valence-electron chi connectivity index (χ0n) is 11.5. The molecule has 0 aromatic heterocycles. The Morgan fingerprint density at radius 1 is 1.25 bits per heavy atom. The molecule has 20 heavy (non-hydrogen) atoms. The third-order valence-electron chi connectivity index (χ3n) is 3.09. The molecule has 0 aliphatic rings. The van der Waals surface area contributed by atoms with Gasteiger partial charge in [-0.3, -0.25) is 4.79 Å². The minimum Gasteiger partial charge on any atom is -0.354 e. The zero-order chi connectivity index (χ0) is 15.5. The van der Waals surface area contributed by atoms with Crippen LogP contribution in [-0.4, -0.2) is 32.4 Å². The number of nitrogens with one attached hydrogen (secondary N) is 1. The van der Waals surface area contributed by atoms with E-state index in [1.807, 2.05) is 6.92 Å². The van der Waals surface area contributed by atoms with Gasteiger partial charge < -0.3 is 5.32 Å². The van der Waals surface area contributed by atoms with E-state index in [1.165, 1.54) is 6.92 Å². The predicted octanol–water partition coefficient (Wildman–Crippen LogP) is 2.65. The molecule has 0 spiro atoms. The van der Waals surface area contributed by atoms with Gasteiger partial charge in [0.1, 0.15) is 5.25 Å². The van der Waals surface area contributed by atoms with Crippen LogP contribution in [0.3, 0.4) is 0 Å². The van der Waals surface area contributed by atoms with Crippen molar-refractivity contribution in [1.82, 2.24) is 5.32 Å². The normalized spacial score (nSPS) is 14.7. The number of carbonyl (C=O) groups excluding carboxylic acids is 1. The number of hydrogen-bond donors (Lipinski definition) is 1. The van der Waals surface area contributed by atoms with Crippen molar-refractivity contribution in [3.05, 3.63) is 33.8 Å². The summed E-state index contributed by atoms with van der Waals surface area (Å²) in [6.07, 6.45) is 1.03. The number of amides is 1. The maximum absolute atomic E-state index is 11.7. The minimum absolute atomic E-state index is 0.119. The summed E-state index contributed by atoms with van der Waals surface area (Å²) in [4.78, 5) is 11.7. The Labute approximate surface area is 129 Å². The summed E-state index contributed by atoms with van der Waals surface area (Å²) in [7, 11) is -3.40. The highest BCUT2D eigenvalue weighted by Gasteiger charge is 2.24. The zero-order valence-corrected chi connectivity index (χ0v) is 13.8. The molecule has 0 aliphatic heterocycles. The lowest BCUT2D eigenvalue weighted by molar-refractivity contribution is -0.120. The van der Waals surface area contributed by atoms with E-state index in [0.717, 1.165) is 11.8 Å². The van der Waals surface area contributed by atoms with Crippen LogP contribution in [0.5, 0.6) is 0 Å². The van der Waals surface area contributed by atoms with E-state index in [9.17, 15) is 13.2 Å². The standard InChI is InChI=1S/C13H17Cl2NO3S/c1-8(12-10(14)5-4-6-11(12)15)7-16-13(17)9(2)20(3,18)19/h4-6,8-9H,7H2,1-3H3,(H,16,17)/t8-,9+/m0/s1. The Morgan fingerprint density at radius 3 is 2.20 bits per heavy atom. The molecular weight excluding hydrogens is 321 g/mol. The van der Waals surface area contributed by atoms with Crippen molar-refractivity contribution < 1.29 is 13.2 Å². The molecule has 1 aromatic rings. The topological polar surface area (TPSA) is 63.2 Å². The van der Waals surface area contributed by atoms with Crippen LogP contribution in [0, 0.1) is 0 Å². The van der Waals surface area contributed by atoms with Crippen molar-refractivity contribution in [1.29, 1.82) is 0 Å². The second-order valence-corrected chi connectivity index (χ2v) is 7.93. The summed E-state index contributed by atoms with van der Waals surface area (Å²) in [5.74, 6) is -0.644. The van der Waals surface area contributed by atoms with Gasteiger partial charge in [-0.05, 0) is 24.6 Å². The number of benzene rings is 1. The van der Waals surface area contributed by atoms with Crippen LogP contribution in [0.2, 0.25) is 10.0 Å². The molecule has 1 rings (SSSR count). The number of sulfone groups is 1. The van der Waals surface area contributed by atoms with Crippen LogP contribution in [0.4, 0.5) is 0 Å². The van der Waals surface area contributed by atoms with Gasteiger partial charge in [0.2, 0.25) is 5.91 Å². The number of carbonyl (C=O) groups is 1. The lowest BCUT2D eigenvalue weighted by Gasteiger charge is -2.17. The number of rotatable bonds is 5. The fourth-order valence-corrected chi connectivity index (χ4v) is 2.92. The van der Waals surface area contributed by atoms with Gasteiger partial charge in [-0.25, -0.2) is 8.42 Å². The molecule has 2 atom stereocenters. The average Bonchev–Trinajstić information content (AvgIpc) is 2.33. The Balaban J connectivity index is 2.74. The van der Waals surface area contributed by atoms with E-state index in [4.69, 9.17) is 23.2 Å². The summed E-state index contributed by atoms with van der Waals surface area (Å²) < 4.78 is 22.6. The van der Waals surface area contributed by atoms with E-state index in [-0.39, 0.29) is 12.5 Å². The van der Waals surface area contributed by atoms with Gasteiger partial charge in [0.15, 0.2) is 9.84 Å². The van der Waals surface area contributed by atoms with Crippen molar-refractivity contribution in [3.63, 3.8) is 0 Å². The lowest BCUT2D eigenvalue weighted by Crippen LogP contribution is -2.39. The van der Waals surface area contributed by atoms with Gasteiger partial charge >= 0.3 is 0 Å². The first kappa shape index (κ1) is 17.3. The van der Waals surface area contributed by atoms with E-state index in [0.29, 0.717) is 10.0 Å². The Kier molecular flexibility index (Phi) is 5.86. The molecule has 0 saturated carbocycles. The molecule has 0 radical (unpaired) electrons. The van der Waals surface area contributed by atoms with Gasteiger partial charge in [-0.15, -0.1) is 0 Å². The second kappa shape index (κ2) is 6.78. The third kappa shape index (κ3) is 4.36. The first-order valence-corrected chi connectivity index (χ1v) is 8.76. The van der Waals surface area contributed by atoms with Crippen molar-refractivity contribution in [2.75, 3.05) is 12.8 Å². The fourth-order valence-electron chi connectivity index (χ4n) is 1.68. The van der Waals surface area contributed by atoms with Crippen molar-refractivity contribution in [2.45, 2.75) is 25.0 Å². The first-order chi connectivity index (χ1) is 9.14. The summed E-state index contributed by atoms with van der Waals surface area (Å²) in [6, 6.07) is 5.19. The molecular formula is C13H17Cl2NO3S. The third-order valence-corrected chi connectivity index (χ3v) is 5.24. The van der Waals surface area contributed by atoms with Crippen LogP contribution in [0.15, 0.2) is 18.2 Å². The van der Waals surface area contributed by atoms with Gasteiger partial charge in [0.25, 0.3) is 0 Å². The summed E-state index contributed by atoms with van der Waals surface area (Å²) in [5.41, 5.74) is 0.739. The SMILES string of the molecule is C[C@H](C(=O)NC[C@H](C)c1c(Cl)cccc1Cl)S(C)(=O)=O. The number of halogens is 2. The van der Waals surface area contributed by atoms with Crippen LogP contribution >= 0.6 is 23.2 Å². The minimum atomic E-state index is -3.40. The van der Waals surface area contributed by atoms with E-state index in [2.05, 4.69) is 5.32 Å². The Morgan fingerprint density at radius 2 is 1.75 bits per heavy atom. The molecule has 7 heteroatoms. The molecule has 0 unspecified atom stereocenters. The largest absolute Gasteiger partial charge is 0.354 e. The average molecular weight is 338 g/mol. The van der Waals surface area contributed by atoms with Crippen molar-refractivity contribution in [2.24, 2.45) is 0 Å². The Bertz CT molecular complexity index is 581. The molecule has 0 saturated heterocycles. The maximum Gasteiger partial charge on any atom is 0.238 e. The van der Waals surface area contributed by atoms with Gasteiger partial charge in [0, 0.05) is 28.8 Å². The monoisotopic (exact) mass is 337 g/mol. The van der Waals surface area contributed by atoms with Crippen molar-refractivity contribution in [3.8, 4) is 0 Å². The maximum atomic E-state index is 11.7. The quantitative estimate of drug-likeness (QED) is 0.898. The molecule has 112 valence electrons. The van der Waals surface area contributed by atoms with Gasteiger partial charge in [-0.1, -0.05) is 36.2 Å². The summed E-state index contributed by atoms with van der Waals surface area (Å²) >= 11 is 12.2. The highest BCUT2D eigenvalue weighted by atomic mass is 35.5. The Hall–Kier alpha value is -0.780. The molecule has 1 N–H and O–H groups in total. The lowest BCUT2D eigenvalue weighted by atomic mass is 10.0. The highest BCUT2D eigenvalue weighted by molar-refractivity contribution is 7.92. The van der Waals surface area contributed by atoms with Crippen molar-refractivity contribution >= 4 is 38.9 Å². The molecule has 0 fully saturated rings. The summed E-state index contributed by atoms with van der Waals surface area (Å²) in [5, 5.41) is 2.58. The molecule has 4 nitrogen and oxygen atoms in total. The summed E-state index contributed by atoms with van der Waals surface area (Å²) in [6.45, 7) is 3.48. The van der Waals surface area contributed by atoms with Crippen LogP contribution in [0.25, 0.3) is 0 Å². The molecule has 0 heterocycles.